The van der Waals surface area contributed by atoms with E-state index in [1.54, 1.807) is 0 Å². The predicted molar refractivity (Wildman–Crippen MR) is 63.6 cm³/mol. The number of nitrogens with zero attached hydrogens (tertiary/aromatic N) is 3. The van der Waals surface area contributed by atoms with Gasteiger partial charge in [-0.2, -0.15) is 0 Å². The molecule has 15 heavy (non-hydrogen) atoms. The van der Waals surface area contributed by atoms with Crippen molar-refractivity contribution in [3.63, 3.8) is 0 Å². The first-order valence-electron chi connectivity index (χ1n) is 5.57. The second kappa shape index (κ2) is 4.60. The van der Waals surface area contributed by atoms with Crippen LogP contribution in [0.1, 0.15) is 53.2 Å². The molecule has 0 unspecified atom stereocenters. The van der Waals surface area contributed by atoms with Crippen LogP contribution < -0.4 is 0 Å². The molecule has 0 aliphatic heterocycles. The molecular weight excluding hydrogens is 186 g/mol. The minimum atomic E-state index is 0.126. The average molecular weight is 207 g/mol. The Morgan fingerprint density at radius 2 is 2.20 bits per heavy atom. The van der Waals surface area contributed by atoms with Crippen LogP contribution in [0.3, 0.4) is 0 Å². The molecule has 0 amide bonds. The summed E-state index contributed by atoms with van der Waals surface area (Å²) in [6.07, 6.45) is 6.37. The van der Waals surface area contributed by atoms with Crippen molar-refractivity contribution in [3.8, 4) is 0 Å². The highest BCUT2D eigenvalue weighted by atomic mass is 15.4. The Hall–Kier alpha value is -1.12. The number of hydrogen-bond donors (Lipinski definition) is 0. The highest BCUT2D eigenvalue weighted by Crippen LogP contribution is 2.26. The van der Waals surface area contributed by atoms with Crippen LogP contribution in [0, 0.1) is 0 Å². The van der Waals surface area contributed by atoms with E-state index in [0.29, 0.717) is 0 Å². The zero-order valence-corrected chi connectivity index (χ0v) is 10.4. The molecule has 0 aromatic carbocycles. The van der Waals surface area contributed by atoms with Crippen molar-refractivity contribution in [2.45, 2.75) is 52.9 Å². The van der Waals surface area contributed by atoms with E-state index < -0.39 is 0 Å². The van der Waals surface area contributed by atoms with E-state index in [2.05, 4.69) is 31.1 Å². The summed E-state index contributed by atoms with van der Waals surface area (Å²) in [4.78, 5) is 0. The third kappa shape index (κ3) is 2.67. The molecule has 84 valence electrons. The van der Waals surface area contributed by atoms with Crippen LogP contribution in [0.2, 0.25) is 0 Å². The maximum atomic E-state index is 4.25. The molecule has 3 heteroatoms. The van der Waals surface area contributed by atoms with Crippen molar-refractivity contribution < 1.29 is 0 Å². The van der Waals surface area contributed by atoms with Gasteiger partial charge in [0.25, 0.3) is 0 Å². The molecule has 0 aliphatic carbocycles. The Bertz CT molecular complexity index is 348. The molecule has 0 bridgehead atoms. The molecule has 0 aliphatic rings. The average Bonchev–Trinajstić information content (AvgIpc) is 2.66. The Labute approximate surface area is 92.2 Å². The van der Waals surface area contributed by atoms with Crippen LogP contribution in [0.15, 0.2) is 12.3 Å². The smallest absolute Gasteiger partial charge is 0.0887 e. The minimum absolute atomic E-state index is 0.126. The number of hydrogen-bond acceptors (Lipinski definition) is 2. The summed E-state index contributed by atoms with van der Waals surface area (Å²) in [7, 11) is 0. The number of aromatic nitrogens is 3. The van der Waals surface area contributed by atoms with Crippen molar-refractivity contribution >= 4 is 5.70 Å². The monoisotopic (exact) mass is 207 g/mol. The Morgan fingerprint density at radius 1 is 1.53 bits per heavy atom. The van der Waals surface area contributed by atoms with Gasteiger partial charge >= 0.3 is 0 Å². The van der Waals surface area contributed by atoms with Gasteiger partial charge in [0, 0.05) is 11.1 Å². The lowest BCUT2D eigenvalue weighted by Gasteiger charge is -2.20. The van der Waals surface area contributed by atoms with Crippen LogP contribution >= 0.6 is 0 Å². The minimum Gasteiger partial charge on any atom is -0.225 e. The van der Waals surface area contributed by atoms with Gasteiger partial charge in [0.2, 0.25) is 0 Å². The summed E-state index contributed by atoms with van der Waals surface area (Å²) in [5, 5.41) is 8.38. The quantitative estimate of drug-likeness (QED) is 0.759. The first-order chi connectivity index (χ1) is 7.01. The van der Waals surface area contributed by atoms with Crippen LogP contribution in [0.25, 0.3) is 5.70 Å². The molecule has 1 aromatic rings. The molecule has 1 heterocycles. The lowest BCUT2D eigenvalue weighted by atomic mass is 9.85. The third-order valence-electron chi connectivity index (χ3n) is 2.84. The molecule has 0 radical (unpaired) electrons. The maximum Gasteiger partial charge on any atom is 0.0887 e. The van der Waals surface area contributed by atoms with Crippen molar-refractivity contribution in [1.82, 2.24) is 15.0 Å². The summed E-state index contributed by atoms with van der Waals surface area (Å²) in [5.74, 6) is 0. The molecule has 3 nitrogen and oxygen atoms in total. The van der Waals surface area contributed by atoms with Gasteiger partial charge in [0.05, 0.1) is 11.9 Å². The maximum absolute atomic E-state index is 4.25. The molecule has 1 aromatic heterocycles. The summed E-state index contributed by atoms with van der Waals surface area (Å²) < 4.78 is 1.84. The van der Waals surface area contributed by atoms with Gasteiger partial charge in [-0.3, -0.25) is 0 Å². The van der Waals surface area contributed by atoms with Crippen molar-refractivity contribution in [3.05, 3.63) is 18.0 Å². The molecule has 0 spiro atoms. The van der Waals surface area contributed by atoms with E-state index in [0.717, 1.165) is 17.8 Å². The zero-order chi connectivity index (χ0) is 11.5. The van der Waals surface area contributed by atoms with Gasteiger partial charge in [-0.15, -0.1) is 5.10 Å². The van der Waals surface area contributed by atoms with Crippen molar-refractivity contribution in [1.29, 1.82) is 0 Å². The topological polar surface area (TPSA) is 30.7 Å². The Balaban J connectivity index is 2.93. The van der Waals surface area contributed by atoms with Gasteiger partial charge in [-0.1, -0.05) is 38.5 Å². The standard InChI is InChI=1S/C12H21N3/c1-6-8-12(4,5)11-9-15(14-13-11)10(3)7-2/h7,9H,6,8H2,1-5H3/b10-7+. The fourth-order valence-electron chi connectivity index (χ4n) is 1.63. The predicted octanol–water partition coefficient (Wildman–Crippen LogP) is 3.24. The summed E-state index contributed by atoms with van der Waals surface area (Å²) in [6.45, 7) is 10.7. The molecular formula is C12H21N3. The lowest BCUT2D eigenvalue weighted by molar-refractivity contribution is 0.458. The SMILES string of the molecule is C/C=C(\C)n1cc(C(C)(C)CCC)nn1. The largest absolute Gasteiger partial charge is 0.225 e. The molecule has 0 N–H and O–H groups in total. The molecule has 0 atom stereocenters. The van der Waals surface area contributed by atoms with Crippen molar-refractivity contribution in [2.75, 3.05) is 0 Å². The first kappa shape index (κ1) is 12.0. The molecule has 0 saturated carbocycles. The second-order valence-corrected chi connectivity index (χ2v) is 4.61. The van der Waals surface area contributed by atoms with E-state index in [-0.39, 0.29) is 5.41 Å². The summed E-state index contributed by atoms with van der Waals surface area (Å²) in [5.41, 5.74) is 2.31. The van der Waals surface area contributed by atoms with Gasteiger partial charge in [0.1, 0.15) is 0 Å². The summed E-state index contributed by atoms with van der Waals surface area (Å²) in [6, 6.07) is 0. The first-order valence-corrected chi connectivity index (χ1v) is 5.57. The molecule has 0 saturated heterocycles. The Morgan fingerprint density at radius 3 is 2.73 bits per heavy atom. The Kier molecular flexibility index (Phi) is 3.66. The zero-order valence-electron chi connectivity index (χ0n) is 10.4. The van der Waals surface area contributed by atoms with E-state index in [4.69, 9.17) is 0 Å². The van der Waals surface area contributed by atoms with Gasteiger partial charge < -0.3 is 0 Å². The van der Waals surface area contributed by atoms with Crippen LogP contribution in [0.5, 0.6) is 0 Å². The highest BCUT2D eigenvalue weighted by molar-refractivity contribution is 5.39. The normalized spacial score (nSPS) is 13.3. The van der Waals surface area contributed by atoms with Crippen LogP contribution in [0.4, 0.5) is 0 Å². The number of allylic oxidation sites excluding steroid dienone is 2. The second-order valence-electron chi connectivity index (χ2n) is 4.61. The fraction of sp³-hybridized carbons (Fsp3) is 0.667. The summed E-state index contributed by atoms with van der Waals surface area (Å²) >= 11 is 0. The van der Waals surface area contributed by atoms with Crippen molar-refractivity contribution in [2.24, 2.45) is 0 Å². The lowest BCUT2D eigenvalue weighted by Crippen LogP contribution is -2.17. The van der Waals surface area contributed by atoms with Gasteiger partial charge in [0.15, 0.2) is 0 Å². The highest BCUT2D eigenvalue weighted by Gasteiger charge is 2.23. The third-order valence-corrected chi connectivity index (χ3v) is 2.84. The van der Waals surface area contributed by atoms with E-state index in [1.165, 1.54) is 6.42 Å². The van der Waals surface area contributed by atoms with Crippen LogP contribution in [-0.2, 0) is 5.41 Å². The van der Waals surface area contributed by atoms with E-state index >= 15 is 0 Å². The van der Waals surface area contributed by atoms with Gasteiger partial charge in [-0.05, 0) is 20.3 Å². The van der Waals surface area contributed by atoms with E-state index in [9.17, 15) is 0 Å². The van der Waals surface area contributed by atoms with Crippen LogP contribution in [-0.4, -0.2) is 15.0 Å². The molecule has 0 fully saturated rings. The molecule has 1 rings (SSSR count). The fourth-order valence-corrected chi connectivity index (χ4v) is 1.63. The van der Waals surface area contributed by atoms with E-state index in [1.807, 2.05) is 30.8 Å². The van der Waals surface area contributed by atoms with Gasteiger partial charge in [-0.25, -0.2) is 4.68 Å². The number of rotatable bonds is 4.